The van der Waals surface area contributed by atoms with Crippen molar-refractivity contribution in [1.82, 2.24) is 0 Å². The van der Waals surface area contributed by atoms with E-state index in [0.717, 1.165) is 11.3 Å². The highest BCUT2D eigenvalue weighted by Gasteiger charge is 2.08. The molecule has 0 unspecified atom stereocenters. The minimum atomic E-state index is -0.477. The standard InChI is InChI=1S/C13H10N2O4S/c16-10-3-1-2-9(8-10)14-12(17)6-4-11-5-7-13(20-11)15(18)19/h1-8,16H,(H,14,17)/b6-4+. The lowest BCUT2D eigenvalue weighted by molar-refractivity contribution is -0.380. The summed E-state index contributed by atoms with van der Waals surface area (Å²) in [6.45, 7) is 0. The maximum atomic E-state index is 11.6. The zero-order valence-corrected chi connectivity index (χ0v) is 11.0. The molecule has 2 aromatic rings. The average molecular weight is 290 g/mol. The molecule has 0 fully saturated rings. The first kappa shape index (κ1) is 13.8. The minimum absolute atomic E-state index is 0.0260. The Kier molecular flexibility index (Phi) is 4.11. The fourth-order valence-corrected chi connectivity index (χ4v) is 2.18. The summed E-state index contributed by atoms with van der Waals surface area (Å²) in [6.07, 6.45) is 2.77. The van der Waals surface area contributed by atoms with Crippen molar-refractivity contribution in [2.24, 2.45) is 0 Å². The number of phenolic OH excluding ortho intramolecular Hbond substituents is 1. The SMILES string of the molecule is O=C(/C=C/c1ccc([N+](=O)[O-])s1)Nc1cccc(O)c1. The van der Waals surface area contributed by atoms with E-state index in [0.29, 0.717) is 10.6 Å². The van der Waals surface area contributed by atoms with Crippen molar-refractivity contribution < 1.29 is 14.8 Å². The molecule has 6 nitrogen and oxygen atoms in total. The van der Waals surface area contributed by atoms with Crippen LogP contribution in [-0.4, -0.2) is 15.9 Å². The Morgan fingerprint density at radius 1 is 1.35 bits per heavy atom. The predicted molar refractivity (Wildman–Crippen MR) is 76.7 cm³/mol. The number of hydrogen-bond donors (Lipinski definition) is 2. The summed E-state index contributed by atoms with van der Waals surface area (Å²) >= 11 is 0.986. The number of nitrogens with zero attached hydrogens (tertiary/aromatic N) is 1. The van der Waals surface area contributed by atoms with E-state index < -0.39 is 4.92 Å². The van der Waals surface area contributed by atoms with E-state index in [4.69, 9.17) is 0 Å². The van der Waals surface area contributed by atoms with Crippen molar-refractivity contribution in [2.45, 2.75) is 0 Å². The van der Waals surface area contributed by atoms with E-state index in [1.54, 1.807) is 18.2 Å². The lowest BCUT2D eigenvalue weighted by Gasteiger charge is -2.01. The molecule has 0 radical (unpaired) electrons. The Bertz CT molecular complexity index is 679. The van der Waals surface area contributed by atoms with E-state index in [-0.39, 0.29) is 16.7 Å². The van der Waals surface area contributed by atoms with Crippen molar-refractivity contribution in [3.05, 3.63) is 57.5 Å². The number of hydrogen-bond acceptors (Lipinski definition) is 5. The lowest BCUT2D eigenvalue weighted by Crippen LogP contribution is -2.07. The van der Waals surface area contributed by atoms with Gasteiger partial charge in [-0.3, -0.25) is 14.9 Å². The summed E-state index contributed by atoms with van der Waals surface area (Å²) in [7, 11) is 0. The Balaban J connectivity index is 2.00. The molecule has 1 aromatic heterocycles. The normalized spacial score (nSPS) is 10.6. The number of carbonyl (C=O) groups excluding carboxylic acids is 1. The highest BCUT2D eigenvalue weighted by Crippen LogP contribution is 2.24. The van der Waals surface area contributed by atoms with Crippen LogP contribution in [0, 0.1) is 10.1 Å². The topological polar surface area (TPSA) is 92.5 Å². The monoisotopic (exact) mass is 290 g/mol. The highest BCUT2D eigenvalue weighted by molar-refractivity contribution is 7.16. The van der Waals surface area contributed by atoms with Gasteiger partial charge >= 0.3 is 5.00 Å². The largest absolute Gasteiger partial charge is 0.508 e. The van der Waals surface area contributed by atoms with Crippen LogP contribution in [0.1, 0.15) is 4.88 Å². The van der Waals surface area contributed by atoms with Gasteiger partial charge in [-0.25, -0.2) is 0 Å². The number of carbonyl (C=O) groups is 1. The van der Waals surface area contributed by atoms with Crippen LogP contribution in [0.15, 0.2) is 42.5 Å². The first-order valence-corrected chi connectivity index (χ1v) is 6.38. The fraction of sp³-hybridized carbons (Fsp3) is 0. The van der Waals surface area contributed by atoms with E-state index >= 15 is 0 Å². The molecule has 0 aliphatic rings. The van der Waals surface area contributed by atoms with Gasteiger partial charge in [0.25, 0.3) is 0 Å². The van der Waals surface area contributed by atoms with Gasteiger partial charge in [0.2, 0.25) is 5.91 Å². The third kappa shape index (κ3) is 3.66. The van der Waals surface area contributed by atoms with Gasteiger partial charge in [0, 0.05) is 28.8 Å². The Hall–Kier alpha value is -2.67. The van der Waals surface area contributed by atoms with Crippen molar-refractivity contribution in [1.29, 1.82) is 0 Å². The van der Waals surface area contributed by atoms with E-state index in [1.165, 1.54) is 30.4 Å². The maximum Gasteiger partial charge on any atom is 0.324 e. The molecule has 0 saturated heterocycles. The van der Waals surface area contributed by atoms with E-state index in [1.807, 2.05) is 0 Å². The predicted octanol–water partition coefficient (Wildman–Crippen LogP) is 3.01. The number of phenols is 1. The van der Waals surface area contributed by atoms with Crippen LogP contribution in [-0.2, 0) is 4.79 Å². The second-order valence-electron chi connectivity index (χ2n) is 3.81. The van der Waals surface area contributed by atoms with E-state index in [9.17, 15) is 20.0 Å². The number of anilines is 1. The number of amides is 1. The van der Waals surface area contributed by atoms with Gasteiger partial charge in [-0.05, 0) is 24.3 Å². The van der Waals surface area contributed by atoms with Crippen LogP contribution in [0.5, 0.6) is 5.75 Å². The second-order valence-corrected chi connectivity index (χ2v) is 4.90. The molecule has 0 spiro atoms. The summed E-state index contributed by atoms with van der Waals surface area (Å²) in [6, 6.07) is 9.12. The number of aromatic hydroxyl groups is 1. The molecular weight excluding hydrogens is 280 g/mol. The highest BCUT2D eigenvalue weighted by atomic mass is 32.1. The second kappa shape index (κ2) is 5.98. The molecular formula is C13H10N2O4S. The number of rotatable bonds is 4. The van der Waals surface area contributed by atoms with Crippen LogP contribution in [0.2, 0.25) is 0 Å². The van der Waals surface area contributed by atoms with Gasteiger partial charge in [0.05, 0.1) is 4.92 Å². The smallest absolute Gasteiger partial charge is 0.324 e. The Morgan fingerprint density at radius 3 is 2.80 bits per heavy atom. The van der Waals surface area contributed by atoms with Crippen LogP contribution < -0.4 is 5.32 Å². The number of thiophene rings is 1. The van der Waals surface area contributed by atoms with Crippen molar-refractivity contribution in [3.8, 4) is 5.75 Å². The molecule has 7 heteroatoms. The van der Waals surface area contributed by atoms with Gasteiger partial charge in [-0.15, -0.1) is 0 Å². The molecule has 1 aromatic carbocycles. The molecule has 102 valence electrons. The molecule has 1 amide bonds. The van der Waals surface area contributed by atoms with Crippen molar-refractivity contribution in [3.63, 3.8) is 0 Å². The van der Waals surface area contributed by atoms with Crippen LogP contribution in [0.25, 0.3) is 6.08 Å². The molecule has 0 atom stereocenters. The third-order valence-electron chi connectivity index (χ3n) is 2.31. The van der Waals surface area contributed by atoms with E-state index in [2.05, 4.69) is 5.32 Å². The van der Waals surface area contributed by atoms with Gasteiger partial charge in [0.1, 0.15) is 5.75 Å². The molecule has 1 heterocycles. The van der Waals surface area contributed by atoms with Gasteiger partial charge in [-0.1, -0.05) is 17.4 Å². The summed E-state index contributed by atoms with van der Waals surface area (Å²) in [5, 5.41) is 22.4. The first-order valence-electron chi connectivity index (χ1n) is 5.57. The quantitative estimate of drug-likeness (QED) is 0.514. The molecule has 2 N–H and O–H groups in total. The zero-order valence-electron chi connectivity index (χ0n) is 10.1. The number of nitro groups is 1. The minimum Gasteiger partial charge on any atom is -0.508 e. The summed E-state index contributed by atoms with van der Waals surface area (Å²) in [5.74, 6) is -0.327. The van der Waals surface area contributed by atoms with Crippen molar-refractivity contribution in [2.75, 3.05) is 5.32 Å². The molecule has 20 heavy (non-hydrogen) atoms. The fourth-order valence-electron chi connectivity index (χ4n) is 1.46. The average Bonchev–Trinajstić information content (AvgIpc) is 2.85. The molecule has 2 rings (SSSR count). The lowest BCUT2D eigenvalue weighted by atomic mass is 10.3. The Morgan fingerprint density at radius 2 is 2.15 bits per heavy atom. The van der Waals surface area contributed by atoms with Gasteiger partial charge < -0.3 is 10.4 Å². The van der Waals surface area contributed by atoms with Crippen LogP contribution in [0.4, 0.5) is 10.7 Å². The molecule has 0 bridgehead atoms. The molecule has 0 saturated carbocycles. The van der Waals surface area contributed by atoms with Crippen LogP contribution >= 0.6 is 11.3 Å². The van der Waals surface area contributed by atoms with Crippen molar-refractivity contribution >= 4 is 34.0 Å². The summed E-state index contributed by atoms with van der Waals surface area (Å²) < 4.78 is 0. The zero-order chi connectivity index (χ0) is 14.5. The third-order valence-corrected chi connectivity index (χ3v) is 3.31. The van der Waals surface area contributed by atoms with Crippen LogP contribution in [0.3, 0.4) is 0 Å². The first-order chi connectivity index (χ1) is 9.54. The molecule has 0 aliphatic heterocycles. The molecule has 0 aliphatic carbocycles. The summed E-state index contributed by atoms with van der Waals surface area (Å²) in [5.41, 5.74) is 0.469. The van der Waals surface area contributed by atoms with Gasteiger partial charge in [-0.2, -0.15) is 0 Å². The Labute approximate surface area is 118 Å². The number of benzene rings is 1. The summed E-state index contributed by atoms with van der Waals surface area (Å²) in [4.78, 5) is 22.3. The maximum absolute atomic E-state index is 11.6. The number of nitrogens with one attached hydrogen (secondary N) is 1. The van der Waals surface area contributed by atoms with Gasteiger partial charge in [0.15, 0.2) is 0 Å².